The molecule has 0 saturated heterocycles. The Morgan fingerprint density at radius 1 is 1.17 bits per heavy atom. The molecular weight excluding hydrogens is 378 g/mol. The highest BCUT2D eigenvalue weighted by Gasteiger charge is 2.48. The van der Waals surface area contributed by atoms with Gasteiger partial charge in [0.1, 0.15) is 12.2 Å². The normalized spacial score (nSPS) is 20.0. The SMILES string of the molecule is CCCCOC(=O)[C@@H]1Cc2c([nH]c3ccccc23)[C@H]2N(C)c3ccccc3C(=O)N12. The molecule has 0 bridgehead atoms. The summed E-state index contributed by atoms with van der Waals surface area (Å²) in [5.41, 5.74) is 4.56. The van der Waals surface area contributed by atoms with E-state index in [1.54, 1.807) is 4.90 Å². The van der Waals surface area contributed by atoms with Crippen LogP contribution in [0.3, 0.4) is 0 Å². The third-order valence-corrected chi connectivity index (χ3v) is 6.23. The molecule has 2 atom stereocenters. The van der Waals surface area contributed by atoms with E-state index in [9.17, 15) is 9.59 Å². The van der Waals surface area contributed by atoms with Crippen molar-refractivity contribution >= 4 is 28.5 Å². The number of nitrogens with one attached hydrogen (secondary N) is 1. The Morgan fingerprint density at radius 2 is 1.93 bits per heavy atom. The standard InChI is InChI=1S/C24H25N3O3/c1-3-4-13-30-24(29)20-14-17-15-9-5-7-11-18(15)25-21(17)22-26(2)19-12-8-6-10-16(19)23(28)27(20)22/h5-12,20,22,25H,3-4,13-14H2,1-2H3/t20-,22-/m0/s1. The van der Waals surface area contributed by atoms with Crippen molar-refractivity contribution in [3.63, 3.8) is 0 Å². The van der Waals surface area contributed by atoms with Gasteiger partial charge in [-0.15, -0.1) is 0 Å². The summed E-state index contributed by atoms with van der Waals surface area (Å²) < 4.78 is 5.58. The van der Waals surface area contributed by atoms with Gasteiger partial charge in [-0.05, 0) is 30.2 Å². The van der Waals surface area contributed by atoms with Crippen molar-refractivity contribution in [2.24, 2.45) is 0 Å². The lowest BCUT2D eigenvalue weighted by atomic mass is 9.91. The minimum atomic E-state index is -0.651. The van der Waals surface area contributed by atoms with Crippen LogP contribution in [0.15, 0.2) is 48.5 Å². The summed E-state index contributed by atoms with van der Waals surface area (Å²) in [7, 11) is 1.98. The molecule has 2 aromatic carbocycles. The van der Waals surface area contributed by atoms with Crippen molar-refractivity contribution in [3.8, 4) is 0 Å². The van der Waals surface area contributed by atoms with Gasteiger partial charge in [0, 0.05) is 24.4 Å². The van der Waals surface area contributed by atoms with Crippen molar-refractivity contribution in [2.45, 2.75) is 38.4 Å². The third-order valence-electron chi connectivity index (χ3n) is 6.23. The van der Waals surface area contributed by atoms with Crippen LogP contribution in [-0.4, -0.2) is 41.5 Å². The molecular formula is C24H25N3O3. The molecule has 3 heterocycles. The maximum absolute atomic E-state index is 13.5. The van der Waals surface area contributed by atoms with Crippen LogP contribution in [0.2, 0.25) is 0 Å². The number of unbranched alkanes of at least 4 members (excludes halogenated alkanes) is 1. The number of esters is 1. The molecule has 154 valence electrons. The van der Waals surface area contributed by atoms with Crippen LogP contribution in [0, 0.1) is 0 Å². The average Bonchev–Trinajstić information content (AvgIpc) is 3.15. The molecule has 0 spiro atoms. The molecule has 0 unspecified atom stereocenters. The molecule has 2 aliphatic rings. The van der Waals surface area contributed by atoms with Crippen LogP contribution in [0.1, 0.15) is 47.5 Å². The number of H-pyrrole nitrogens is 1. The summed E-state index contributed by atoms with van der Waals surface area (Å²) in [4.78, 5) is 34.0. The number of rotatable bonds is 4. The zero-order chi connectivity index (χ0) is 20.8. The van der Waals surface area contributed by atoms with E-state index in [2.05, 4.69) is 22.9 Å². The number of hydrogen-bond donors (Lipinski definition) is 1. The smallest absolute Gasteiger partial charge is 0.329 e. The Morgan fingerprint density at radius 3 is 2.77 bits per heavy atom. The highest BCUT2D eigenvalue weighted by molar-refractivity contribution is 6.04. The molecule has 1 N–H and O–H groups in total. The summed E-state index contributed by atoms with van der Waals surface area (Å²) >= 11 is 0. The highest BCUT2D eigenvalue weighted by Crippen LogP contribution is 2.45. The number of ether oxygens (including phenoxy) is 1. The number of aromatic nitrogens is 1. The first-order valence-corrected chi connectivity index (χ1v) is 10.5. The van der Waals surface area contributed by atoms with Crippen LogP contribution in [0.5, 0.6) is 0 Å². The Kier molecular flexibility index (Phi) is 4.50. The number of para-hydroxylation sites is 2. The number of carbonyl (C=O) groups excluding carboxylic acids is 2. The molecule has 1 aromatic heterocycles. The first-order valence-electron chi connectivity index (χ1n) is 10.5. The van der Waals surface area contributed by atoms with E-state index in [0.717, 1.165) is 40.7 Å². The predicted octanol–water partition coefficient (Wildman–Crippen LogP) is 4.03. The maximum atomic E-state index is 13.5. The summed E-state index contributed by atoms with van der Waals surface area (Å²) in [6.07, 6.45) is 1.83. The van der Waals surface area contributed by atoms with Crippen molar-refractivity contribution in [2.75, 3.05) is 18.6 Å². The lowest BCUT2D eigenvalue weighted by Gasteiger charge is -2.48. The lowest BCUT2D eigenvalue weighted by Crippen LogP contribution is -2.58. The number of fused-ring (bicyclic) bond motifs is 6. The largest absolute Gasteiger partial charge is 0.464 e. The van der Waals surface area contributed by atoms with Gasteiger partial charge < -0.3 is 14.6 Å². The fourth-order valence-corrected chi connectivity index (χ4v) is 4.74. The second kappa shape index (κ2) is 7.20. The molecule has 6 heteroatoms. The van der Waals surface area contributed by atoms with Gasteiger partial charge in [-0.25, -0.2) is 4.79 Å². The summed E-state index contributed by atoms with van der Waals surface area (Å²) in [5.74, 6) is -0.457. The van der Waals surface area contributed by atoms with Gasteiger partial charge >= 0.3 is 5.97 Å². The molecule has 3 aromatic rings. The van der Waals surface area contributed by atoms with Gasteiger partial charge in [0.15, 0.2) is 0 Å². The van der Waals surface area contributed by atoms with Gasteiger partial charge in [0.25, 0.3) is 5.91 Å². The third kappa shape index (κ3) is 2.70. The number of amides is 1. The average molecular weight is 403 g/mol. The van der Waals surface area contributed by atoms with Crippen molar-refractivity contribution in [1.82, 2.24) is 9.88 Å². The molecule has 0 radical (unpaired) electrons. The Hall–Kier alpha value is -3.28. The van der Waals surface area contributed by atoms with Gasteiger partial charge in [-0.1, -0.05) is 43.7 Å². The molecule has 30 heavy (non-hydrogen) atoms. The summed E-state index contributed by atoms with van der Waals surface area (Å²) in [6, 6.07) is 15.0. The molecule has 2 aliphatic heterocycles. The van der Waals surface area contributed by atoms with Gasteiger partial charge in [-0.2, -0.15) is 0 Å². The highest BCUT2D eigenvalue weighted by atomic mass is 16.5. The number of aromatic amines is 1. The lowest BCUT2D eigenvalue weighted by molar-refractivity contribution is -0.150. The molecule has 0 aliphatic carbocycles. The second-order valence-electron chi connectivity index (χ2n) is 8.02. The zero-order valence-electron chi connectivity index (χ0n) is 17.2. The van der Waals surface area contributed by atoms with E-state index >= 15 is 0 Å². The van der Waals surface area contributed by atoms with Crippen molar-refractivity contribution in [3.05, 3.63) is 65.4 Å². The predicted molar refractivity (Wildman–Crippen MR) is 115 cm³/mol. The number of nitrogens with zero attached hydrogens (tertiary/aromatic N) is 2. The van der Waals surface area contributed by atoms with Crippen LogP contribution < -0.4 is 4.90 Å². The quantitative estimate of drug-likeness (QED) is 0.528. The first kappa shape index (κ1) is 18.7. The topological polar surface area (TPSA) is 65.6 Å². The number of anilines is 1. The number of carbonyl (C=O) groups is 2. The van der Waals surface area contributed by atoms with Crippen LogP contribution in [-0.2, 0) is 16.0 Å². The van der Waals surface area contributed by atoms with Crippen LogP contribution in [0.25, 0.3) is 10.9 Å². The van der Waals surface area contributed by atoms with Crippen molar-refractivity contribution < 1.29 is 14.3 Å². The minimum absolute atomic E-state index is 0.129. The van der Waals surface area contributed by atoms with Crippen LogP contribution >= 0.6 is 0 Å². The molecule has 6 nitrogen and oxygen atoms in total. The van der Waals surface area contributed by atoms with Gasteiger partial charge in [-0.3, -0.25) is 9.69 Å². The van der Waals surface area contributed by atoms with E-state index in [1.165, 1.54) is 0 Å². The van der Waals surface area contributed by atoms with E-state index in [0.29, 0.717) is 18.6 Å². The van der Waals surface area contributed by atoms with E-state index in [1.807, 2.05) is 49.5 Å². The van der Waals surface area contributed by atoms with E-state index in [4.69, 9.17) is 4.74 Å². The Balaban J connectivity index is 1.66. The molecule has 0 fully saturated rings. The summed E-state index contributed by atoms with van der Waals surface area (Å²) in [5, 5.41) is 1.10. The molecule has 0 saturated carbocycles. The van der Waals surface area contributed by atoms with E-state index in [-0.39, 0.29) is 18.0 Å². The Labute approximate surface area is 175 Å². The fourth-order valence-electron chi connectivity index (χ4n) is 4.74. The molecule has 1 amide bonds. The molecule has 5 rings (SSSR count). The van der Waals surface area contributed by atoms with Crippen molar-refractivity contribution in [1.29, 1.82) is 0 Å². The van der Waals surface area contributed by atoms with Gasteiger partial charge in [0.05, 0.1) is 23.6 Å². The second-order valence-corrected chi connectivity index (χ2v) is 8.02. The monoisotopic (exact) mass is 403 g/mol. The number of benzene rings is 2. The van der Waals surface area contributed by atoms with Gasteiger partial charge in [0.2, 0.25) is 0 Å². The first-order chi connectivity index (χ1) is 14.6. The van der Waals surface area contributed by atoms with Crippen LogP contribution in [0.4, 0.5) is 5.69 Å². The summed E-state index contributed by atoms with van der Waals surface area (Å²) in [6.45, 7) is 2.44. The fraction of sp³-hybridized carbons (Fsp3) is 0.333. The Bertz CT molecular complexity index is 1140. The number of hydrogen-bond acceptors (Lipinski definition) is 4. The van der Waals surface area contributed by atoms with E-state index < -0.39 is 6.04 Å². The zero-order valence-corrected chi connectivity index (χ0v) is 17.2. The maximum Gasteiger partial charge on any atom is 0.329 e. The minimum Gasteiger partial charge on any atom is -0.464 e.